The van der Waals surface area contributed by atoms with Crippen LogP contribution >= 0.6 is 23.1 Å². The van der Waals surface area contributed by atoms with Gasteiger partial charge in [0, 0.05) is 16.3 Å². The molecule has 0 saturated heterocycles. The first-order chi connectivity index (χ1) is 10.1. The maximum Gasteiger partial charge on any atom is 0.330 e. The molecule has 21 heavy (non-hydrogen) atoms. The molecule has 5 heteroatoms. The van der Waals surface area contributed by atoms with Crippen molar-refractivity contribution in [3.8, 4) is 0 Å². The van der Waals surface area contributed by atoms with Gasteiger partial charge in [-0.25, -0.2) is 4.79 Å². The summed E-state index contributed by atoms with van der Waals surface area (Å²) in [5, 5.41) is 5.36. The number of benzene rings is 1. The zero-order valence-corrected chi connectivity index (χ0v) is 14.0. The van der Waals surface area contributed by atoms with Crippen LogP contribution in [-0.4, -0.2) is 19.3 Å². The predicted molar refractivity (Wildman–Crippen MR) is 88.7 cm³/mol. The lowest BCUT2D eigenvalue weighted by molar-refractivity contribution is -0.148. The van der Waals surface area contributed by atoms with E-state index in [1.165, 1.54) is 16.9 Å². The quantitative estimate of drug-likeness (QED) is 0.651. The number of nitrogens with one attached hydrogen (secondary N) is 1. The number of hydrogen-bond donors (Lipinski definition) is 1. The molecule has 0 fully saturated rings. The Labute approximate surface area is 133 Å². The van der Waals surface area contributed by atoms with Gasteiger partial charge in [0.05, 0.1) is 7.11 Å². The van der Waals surface area contributed by atoms with Gasteiger partial charge in [-0.1, -0.05) is 18.2 Å². The van der Waals surface area contributed by atoms with Crippen LogP contribution in [0, 0.1) is 0 Å². The highest BCUT2D eigenvalue weighted by Gasteiger charge is 2.35. The molecular weight excluding hydrogens is 302 g/mol. The minimum atomic E-state index is -0.852. The molecular formula is C16H19NO2S2. The number of esters is 1. The summed E-state index contributed by atoms with van der Waals surface area (Å²) in [6.45, 7) is 2.49. The highest BCUT2D eigenvalue weighted by atomic mass is 32.2. The lowest BCUT2D eigenvalue weighted by Crippen LogP contribution is -2.46. The minimum absolute atomic E-state index is 0.282. The van der Waals surface area contributed by atoms with Crippen molar-refractivity contribution in [1.82, 2.24) is 5.32 Å². The maximum absolute atomic E-state index is 12.3. The summed E-state index contributed by atoms with van der Waals surface area (Å²) in [5.74, 6) is -0.282. The second-order valence-corrected chi connectivity index (χ2v) is 6.69. The molecule has 0 spiro atoms. The van der Waals surface area contributed by atoms with Gasteiger partial charge in [-0.15, -0.1) is 23.1 Å². The molecule has 2 aromatic rings. The average molecular weight is 321 g/mol. The number of thiophene rings is 1. The van der Waals surface area contributed by atoms with Crippen molar-refractivity contribution in [3.63, 3.8) is 0 Å². The minimum Gasteiger partial charge on any atom is -0.467 e. The highest BCUT2D eigenvalue weighted by Crippen LogP contribution is 2.26. The first-order valence-corrected chi connectivity index (χ1v) is 8.71. The third-order valence-electron chi connectivity index (χ3n) is 3.46. The topological polar surface area (TPSA) is 38.3 Å². The van der Waals surface area contributed by atoms with E-state index >= 15 is 0 Å². The molecule has 0 amide bonds. The number of thioether (sulfide) groups is 1. The van der Waals surface area contributed by atoms with Crippen LogP contribution in [0.3, 0.4) is 0 Å². The Balaban J connectivity index is 2.24. The van der Waals surface area contributed by atoms with Gasteiger partial charge in [-0.2, -0.15) is 0 Å². The van der Waals surface area contributed by atoms with E-state index in [9.17, 15) is 4.79 Å². The van der Waals surface area contributed by atoms with Gasteiger partial charge in [-0.05, 0) is 42.3 Å². The average Bonchev–Trinajstić information content (AvgIpc) is 3.05. The van der Waals surface area contributed by atoms with Crippen molar-refractivity contribution in [3.05, 3.63) is 52.2 Å². The van der Waals surface area contributed by atoms with Gasteiger partial charge >= 0.3 is 5.97 Å². The van der Waals surface area contributed by atoms with Crippen molar-refractivity contribution in [2.45, 2.75) is 23.9 Å². The summed E-state index contributed by atoms with van der Waals surface area (Å²) in [6.07, 6.45) is 2.03. The molecule has 0 radical (unpaired) electrons. The van der Waals surface area contributed by atoms with Crippen molar-refractivity contribution in [2.75, 3.05) is 13.4 Å². The van der Waals surface area contributed by atoms with Gasteiger partial charge in [0.2, 0.25) is 0 Å². The molecule has 0 saturated carbocycles. The number of carbonyl (C=O) groups excluding carboxylic acids is 1. The summed E-state index contributed by atoms with van der Waals surface area (Å²) in [7, 11) is 1.42. The third-order valence-corrected chi connectivity index (χ3v) is 5.08. The van der Waals surface area contributed by atoms with Crippen LogP contribution in [0.5, 0.6) is 0 Å². The van der Waals surface area contributed by atoms with Gasteiger partial charge in [0.15, 0.2) is 0 Å². The smallest absolute Gasteiger partial charge is 0.330 e. The summed E-state index contributed by atoms with van der Waals surface area (Å²) in [5.41, 5.74) is 0.0547. The number of methoxy groups -OCH3 is 1. The van der Waals surface area contributed by atoms with Crippen molar-refractivity contribution in [2.24, 2.45) is 0 Å². The van der Waals surface area contributed by atoms with E-state index in [-0.39, 0.29) is 5.97 Å². The van der Waals surface area contributed by atoms with Gasteiger partial charge in [0.25, 0.3) is 0 Å². The molecule has 1 unspecified atom stereocenters. The molecule has 0 aliphatic carbocycles. The fourth-order valence-corrected chi connectivity index (χ4v) is 3.15. The zero-order valence-electron chi connectivity index (χ0n) is 12.4. The molecule has 1 heterocycles. The lowest BCUT2D eigenvalue weighted by atomic mass is 9.92. The molecule has 0 bridgehead atoms. The molecule has 2 rings (SSSR count). The number of ether oxygens (including phenoxy) is 1. The van der Waals surface area contributed by atoms with Crippen LogP contribution < -0.4 is 5.32 Å². The van der Waals surface area contributed by atoms with Crippen LogP contribution in [0.4, 0.5) is 0 Å². The van der Waals surface area contributed by atoms with E-state index in [1.807, 2.05) is 55.0 Å². The lowest BCUT2D eigenvalue weighted by Gasteiger charge is -2.28. The van der Waals surface area contributed by atoms with E-state index in [1.54, 1.807) is 23.1 Å². The Kier molecular flexibility index (Phi) is 5.45. The molecule has 3 nitrogen and oxygen atoms in total. The van der Waals surface area contributed by atoms with Gasteiger partial charge in [0.1, 0.15) is 5.54 Å². The van der Waals surface area contributed by atoms with E-state index in [4.69, 9.17) is 4.74 Å². The molecule has 0 aliphatic heterocycles. The van der Waals surface area contributed by atoms with Crippen LogP contribution in [0.2, 0.25) is 0 Å². The molecule has 0 aliphatic rings. The van der Waals surface area contributed by atoms with Crippen molar-refractivity contribution >= 4 is 29.1 Å². The standard InChI is InChI=1S/C16H19NO2S2/c1-16(15(18)19-2,17-11-14-5-4-10-21-14)12-6-8-13(20-3)9-7-12/h4-10,17H,11H2,1-3H3. The van der Waals surface area contributed by atoms with Crippen LogP contribution in [0.15, 0.2) is 46.7 Å². The fourth-order valence-electron chi connectivity index (χ4n) is 2.10. The number of rotatable bonds is 6. The maximum atomic E-state index is 12.3. The van der Waals surface area contributed by atoms with Crippen molar-refractivity contribution < 1.29 is 9.53 Å². The highest BCUT2D eigenvalue weighted by molar-refractivity contribution is 7.98. The SMILES string of the molecule is COC(=O)C(C)(NCc1cccs1)c1ccc(SC)cc1. The zero-order chi connectivity index (χ0) is 15.3. The van der Waals surface area contributed by atoms with Gasteiger partial charge < -0.3 is 4.74 Å². The Bertz CT molecular complexity index is 581. The third kappa shape index (κ3) is 3.67. The molecule has 1 aromatic carbocycles. The monoisotopic (exact) mass is 321 g/mol. The Morgan fingerprint density at radius 1 is 1.33 bits per heavy atom. The molecule has 1 atom stereocenters. The summed E-state index contributed by atoms with van der Waals surface area (Å²) < 4.78 is 4.99. The van der Waals surface area contributed by atoms with E-state index in [2.05, 4.69) is 5.32 Å². The fraction of sp³-hybridized carbons (Fsp3) is 0.312. The Morgan fingerprint density at radius 2 is 2.05 bits per heavy atom. The summed E-state index contributed by atoms with van der Waals surface area (Å²) >= 11 is 3.34. The van der Waals surface area contributed by atoms with E-state index in [0.29, 0.717) is 6.54 Å². The summed E-state index contributed by atoms with van der Waals surface area (Å²) in [4.78, 5) is 14.6. The Hall–Kier alpha value is -1.30. The second-order valence-electron chi connectivity index (χ2n) is 4.78. The second kappa shape index (κ2) is 7.11. The van der Waals surface area contributed by atoms with Gasteiger partial charge in [-0.3, -0.25) is 5.32 Å². The largest absolute Gasteiger partial charge is 0.467 e. The molecule has 1 aromatic heterocycles. The molecule has 1 N–H and O–H groups in total. The number of hydrogen-bond acceptors (Lipinski definition) is 5. The van der Waals surface area contributed by atoms with Crippen LogP contribution in [-0.2, 0) is 21.6 Å². The normalized spacial score (nSPS) is 13.7. The van der Waals surface area contributed by atoms with Crippen LogP contribution in [0.1, 0.15) is 17.4 Å². The van der Waals surface area contributed by atoms with Crippen LogP contribution in [0.25, 0.3) is 0 Å². The predicted octanol–water partition coefficient (Wildman–Crippen LogP) is 3.65. The van der Waals surface area contributed by atoms with E-state index < -0.39 is 5.54 Å². The molecule has 112 valence electrons. The first kappa shape index (κ1) is 16.1. The number of carbonyl (C=O) groups is 1. The van der Waals surface area contributed by atoms with E-state index in [0.717, 1.165) is 5.56 Å². The Morgan fingerprint density at radius 3 is 2.57 bits per heavy atom. The first-order valence-electron chi connectivity index (χ1n) is 6.60. The van der Waals surface area contributed by atoms with Crippen molar-refractivity contribution in [1.29, 1.82) is 0 Å². The summed E-state index contributed by atoms with van der Waals surface area (Å²) in [6, 6.07) is 12.0.